The molecular weight excluding hydrogens is 318 g/mol. The molecule has 0 aromatic heterocycles. The smallest absolute Gasteiger partial charge is 0.259 e. The van der Waals surface area contributed by atoms with E-state index in [0.29, 0.717) is 0 Å². The van der Waals surface area contributed by atoms with Crippen LogP contribution in [0, 0.1) is 0 Å². The van der Waals surface area contributed by atoms with Crippen molar-refractivity contribution in [3.8, 4) is 5.75 Å². The lowest BCUT2D eigenvalue weighted by atomic mass is 10.1. The summed E-state index contributed by atoms with van der Waals surface area (Å²) in [6.07, 6.45) is 2.13. The number of amides is 1. The van der Waals surface area contributed by atoms with Crippen LogP contribution in [0.3, 0.4) is 0 Å². The number of benzene rings is 2. The van der Waals surface area contributed by atoms with Gasteiger partial charge in [0.25, 0.3) is 5.91 Å². The maximum Gasteiger partial charge on any atom is 0.259 e. The van der Waals surface area contributed by atoms with Crippen LogP contribution >= 0.6 is 15.9 Å². The summed E-state index contributed by atoms with van der Waals surface area (Å²) < 4.78 is 0.732. The summed E-state index contributed by atoms with van der Waals surface area (Å²) in [6.45, 7) is 2.13. The summed E-state index contributed by atoms with van der Waals surface area (Å²) in [6, 6.07) is 12.6. The fourth-order valence-corrected chi connectivity index (χ4v) is 2.29. The highest BCUT2D eigenvalue weighted by Crippen LogP contribution is 2.23. The molecular formula is C16H16BrNO2. The number of phenols is 1. The third-order valence-corrected chi connectivity index (χ3v) is 3.45. The molecule has 1 amide bonds. The van der Waals surface area contributed by atoms with E-state index in [1.165, 1.54) is 11.6 Å². The molecule has 0 atom stereocenters. The Morgan fingerprint density at radius 2 is 1.90 bits per heavy atom. The normalized spacial score (nSPS) is 10.3. The van der Waals surface area contributed by atoms with Gasteiger partial charge in [0.2, 0.25) is 0 Å². The predicted molar refractivity (Wildman–Crippen MR) is 84.2 cm³/mol. The summed E-state index contributed by atoms with van der Waals surface area (Å²) in [4.78, 5) is 12.1. The average molecular weight is 334 g/mol. The largest absolute Gasteiger partial charge is 0.507 e. The molecule has 0 heterocycles. The van der Waals surface area contributed by atoms with Crippen molar-refractivity contribution in [3.63, 3.8) is 0 Å². The fraction of sp³-hybridized carbons (Fsp3) is 0.188. The first-order valence-corrected chi connectivity index (χ1v) is 7.28. The molecule has 4 heteroatoms. The van der Waals surface area contributed by atoms with Gasteiger partial charge < -0.3 is 10.4 Å². The summed E-state index contributed by atoms with van der Waals surface area (Å²) in [5.41, 5.74) is 2.22. The maximum absolute atomic E-state index is 12.1. The lowest BCUT2D eigenvalue weighted by molar-refractivity contribution is 0.102. The zero-order chi connectivity index (χ0) is 14.5. The zero-order valence-electron chi connectivity index (χ0n) is 11.2. The number of carbonyl (C=O) groups excluding carboxylic acids is 1. The van der Waals surface area contributed by atoms with Crippen molar-refractivity contribution in [2.45, 2.75) is 19.8 Å². The van der Waals surface area contributed by atoms with E-state index in [2.05, 4.69) is 28.2 Å². The van der Waals surface area contributed by atoms with E-state index in [4.69, 9.17) is 0 Å². The molecule has 0 saturated carbocycles. The highest BCUT2D eigenvalue weighted by molar-refractivity contribution is 9.10. The fourth-order valence-electron chi connectivity index (χ4n) is 1.94. The number of halogens is 1. The van der Waals surface area contributed by atoms with Crippen molar-refractivity contribution in [3.05, 3.63) is 58.1 Å². The second-order valence-electron chi connectivity index (χ2n) is 4.56. The van der Waals surface area contributed by atoms with Crippen LogP contribution in [-0.4, -0.2) is 11.0 Å². The molecule has 0 aliphatic rings. The van der Waals surface area contributed by atoms with Gasteiger partial charge in [0.1, 0.15) is 5.75 Å². The zero-order valence-corrected chi connectivity index (χ0v) is 12.8. The third-order valence-electron chi connectivity index (χ3n) is 2.95. The van der Waals surface area contributed by atoms with E-state index in [0.717, 1.165) is 23.0 Å². The van der Waals surface area contributed by atoms with Crippen molar-refractivity contribution in [2.24, 2.45) is 0 Å². The van der Waals surface area contributed by atoms with E-state index < -0.39 is 0 Å². The Balaban J connectivity index is 2.11. The van der Waals surface area contributed by atoms with Crippen LogP contribution in [-0.2, 0) is 6.42 Å². The van der Waals surface area contributed by atoms with Gasteiger partial charge in [0, 0.05) is 10.2 Å². The number of rotatable bonds is 4. The minimum absolute atomic E-state index is 0.0421. The Hall–Kier alpha value is -1.81. The Kier molecular flexibility index (Phi) is 4.79. The number of hydrogen-bond donors (Lipinski definition) is 2. The molecule has 2 aromatic carbocycles. The first-order chi connectivity index (χ1) is 9.60. The maximum atomic E-state index is 12.1. The molecule has 0 aliphatic carbocycles. The third kappa shape index (κ3) is 3.61. The van der Waals surface area contributed by atoms with Crippen molar-refractivity contribution >= 4 is 27.5 Å². The first-order valence-electron chi connectivity index (χ1n) is 6.49. The Morgan fingerprint density at radius 3 is 2.50 bits per heavy atom. The van der Waals surface area contributed by atoms with E-state index in [1.54, 1.807) is 12.1 Å². The Morgan fingerprint density at radius 1 is 1.20 bits per heavy atom. The summed E-state index contributed by atoms with van der Waals surface area (Å²) in [5, 5.41) is 12.5. The number of anilines is 1. The molecule has 0 fully saturated rings. The monoisotopic (exact) mass is 333 g/mol. The molecule has 2 rings (SSSR count). The summed E-state index contributed by atoms with van der Waals surface area (Å²) in [7, 11) is 0. The average Bonchev–Trinajstić information content (AvgIpc) is 2.41. The van der Waals surface area contributed by atoms with E-state index >= 15 is 0 Å². The highest BCUT2D eigenvalue weighted by Gasteiger charge is 2.11. The van der Waals surface area contributed by atoms with E-state index in [-0.39, 0.29) is 17.2 Å². The number of aryl methyl sites for hydroxylation is 1. The number of nitrogens with one attached hydrogen (secondary N) is 1. The van der Waals surface area contributed by atoms with Crippen LogP contribution in [0.4, 0.5) is 5.69 Å². The van der Waals surface area contributed by atoms with Crippen molar-refractivity contribution < 1.29 is 9.90 Å². The molecule has 104 valence electrons. The second-order valence-corrected chi connectivity index (χ2v) is 5.48. The molecule has 20 heavy (non-hydrogen) atoms. The standard InChI is InChI=1S/C16H16BrNO2/c1-2-3-11-4-7-13(8-5-11)18-16(20)14-9-6-12(17)10-15(14)19/h4-10,19H,2-3H2,1H3,(H,18,20). The van der Waals surface area contributed by atoms with Gasteiger partial charge in [-0.2, -0.15) is 0 Å². The van der Waals surface area contributed by atoms with E-state index in [9.17, 15) is 9.90 Å². The van der Waals surface area contributed by atoms with Gasteiger partial charge >= 0.3 is 0 Å². The number of hydrogen-bond acceptors (Lipinski definition) is 2. The van der Waals surface area contributed by atoms with Crippen LogP contribution in [0.5, 0.6) is 5.75 Å². The summed E-state index contributed by atoms with van der Waals surface area (Å²) in [5.74, 6) is -0.363. The second kappa shape index (κ2) is 6.57. The van der Waals surface area contributed by atoms with Crippen molar-refractivity contribution in [1.29, 1.82) is 0 Å². The molecule has 3 nitrogen and oxygen atoms in total. The molecule has 0 unspecified atom stereocenters. The van der Waals surface area contributed by atoms with Crippen LogP contribution in [0.1, 0.15) is 29.3 Å². The number of carbonyl (C=O) groups is 1. The lowest BCUT2D eigenvalue weighted by Crippen LogP contribution is -2.12. The van der Waals surface area contributed by atoms with Crippen molar-refractivity contribution in [1.82, 2.24) is 0 Å². The molecule has 0 radical (unpaired) electrons. The molecule has 0 saturated heterocycles. The molecule has 2 N–H and O–H groups in total. The SMILES string of the molecule is CCCc1ccc(NC(=O)c2ccc(Br)cc2O)cc1. The van der Waals surface area contributed by atoms with Gasteiger partial charge in [-0.25, -0.2) is 0 Å². The number of aromatic hydroxyl groups is 1. The van der Waals surface area contributed by atoms with Gasteiger partial charge in [-0.1, -0.05) is 41.4 Å². The minimum atomic E-state index is -0.321. The molecule has 2 aromatic rings. The van der Waals surface area contributed by atoms with Crippen LogP contribution in [0.2, 0.25) is 0 Å². The van der Waals surface area contributed by atoms with E-state index in [1.807, 2.05) is 24.3 Å². The quantitative estimate of drug-likeness (QED) is 0.873. The topological polar surface area (TPSA) is 49.3 Å². The lowest BCUT2D eigenvalue weighted by Gasteiger charge is -2.08. The highest BCUT2D eigenvalue weighted by atomic mass is 79.9. The van der Waals surface area contributed by atoms with Gasteiger partial charge in [0.15, 0.2) is 0 Å². The Labute approximate surface area is 126 Å². The molecule has 0 aliphatic heterocycles. The Bertz CT molecular complexity index is 608. The van der Waals surface area contributed by atoms with Gasteiger partial charge in [0.05, 0.1) is 5.56 Å². The predicted octanol–water partition coefficient (Wildman–Crippen LogP) is 4.36. The van der Waals surface area contributed by atoms with Crippen LogP contribution in [0.25, 0.3) is 0 Å². The number of phenolic OH excluding ortho intramolecular Hbond substituents is 1. The first kappa shape index (κ1) is 14.6. The summed E-state index contributed by atoms with van der Waals surface area (Å²) >= 11 is 3.24. The van der Waals surface area contributed by atoms with Gasteiger partial charge in [-0.3, -0.25) is 4.79 Å². The minimum Gasteiger partial charge on any atom is -0.507 e. The molecule has 0 bridgehead atoms. The van der Waals surface area contributed by atoms with Gasteiger partial charge in [-0.15, -0.1) is 0 Å². The van der Waals surface area contributed by atoms with Gasteiger partial charge in [-0.05, 0) is 42.3 Å². The van der Waals surface area contributed by atoms with Crippen LogP contribution < -0.4 is 5.32 Å². The van der Waals surface area contributed by atoms with Crippen molar-refractivity contribution in [2.75, 3.05) is 5.32 Å². The van der Waals surface area contributed by atoms with Crippen LogP contribution in [0.15, 0.2) is 46.9 Å². The molecule has 0 spiro atoms.